The molecule has 0 N–H and O–H groups in total. The van der Waals surface area contributed by atoms with Gasteiger partial charge in [-0.25, -0.2) is 13.7 Å². The number of ether oxygens (including phenoxy) is 2. The summed E-state index contributed by atoms with van der Waals surface area (Å²) in [6, 6.07) is 9.44. The Hall–Kier alpha value is -3.26. The van der Waals surface area contributed by atoms with E-state index in [-0.39, 0.29) is 11.3 Å². The Bertz CT molecular complexity index is 1020. The topological polar surface area (TPSA) is 59.1 Å². The van der Waals surface area contributed by atoms with Crippen LogP contribution in [0.25, 0.3) is 5.57 Å². The number of morpholine rings is 1. The van der Waals surface area contributed by atoms with Crippen molar-refractivity contribution in [1.29, 1.82) is 0 Å². The standard InChI is InChI=1S/C21H18F2N2O4/c1-28-17-5-3-2-4-14(17)18-19(24-8-10-29-11-9-24)21(27)25(20(18)26)16-12-13(22)6-7-15(16)23/h2-7,12H,8-11H2,1H3. The minimum absolute atomic E-state index is 0.0954. The smallest absolute Gasteiger partial charge is 0.282 e. The Morgan fingerprint density at radius 3 is 2.45 bits per heavy atom. The molecule has 0 spiro atoms. The summed E-state index contributed by atoms with van der Waals surface area (Å²) in [5.74, 6) is -2.65. The van der Waals surface area contributed by atoms with E-state index in [2.05, 4.69) is 0 Å². The Balaban J connectivity index is 1.89. The first-order chi connectivity index (χ1) is 14.0. The van der Waals surface area contributed by atoms with Gasteiger partial charge in [0.25, 0.3) is 11.8 Å². The highest BCUT2D eigenvalue weighted by Gasteiger charge is 2.44. The average molecular weight is 400 g/mol. The molecule has 2 heterocycles. The number of para-hydroxylation sites is 1. The number of benzene rings is 2. The minimum Gasteiger partial charge on any atom is -0.496 e. The largest absolute Gasteiger partial charge is 0.496 e. The van der Waals surface area contributed by atoms with Gasteiger partial charge >= 0.3 is 0 Å². The second kappa shape index (κ2) is 7.63. The van der Waals surface area contributed by atoms with Gasteiger partial charge in [-0.2, -0.15) is 0 Å². The van der Waals surface area contributed by atoms with Crippen LogP contribution in [0.3, 0.4) is 0 Å². The van der Waals surface area contributed by atoms with Crippen molar-refractivity contribution >= 4 is 23.1 Å². The summed E-state index contributed by atoms with van der Waals surface area (Å²) in [5.41, 5.74) is 0.217. The normalized spacial score (nSPS) is 17.3. The second-order valence-electron chi connectivity index (χ2n) is 6.56. The molecule has 0 atom stereocenters. The zero-order valence-electron chi connectivity index (χ0n) is 15.7. The van der Waals surface area contributed by atoms with Crippen molar-refractivity contribution in [3.63, 3.8) is 0 Å². The molecule has 2 amide bonds. The highest BCUT2D eigenvalue weighted by molar-refractivity contribution is 6.45. The van der Waals surface area contributed by atoms with Crippen LogP contribution >= 0.6 is 0 Å². The lowest BCUT2D eigenvalue weighted by molar-refractivity contribution is -0.121. The van der Waals surface area contributed by atoms with Crippen molar-refractivity contribution in [2.45, 2.75) is 0 Å². The summed E-state index contributed by atoms with van der Waals surface area (Å²) in [6.45, 7) is 1.57. The van der Waals surface area contributed by atoms with Crippen LogP contribution in [-0.2, 0) is 14.3 Å². The van der Waals surface area contributed by atoms with Gasteiger partial charge in [0, 0.05) is 24.7 Å². The SMILES string of the molecule is COc1ccccc1C1=C(N2CCOCC2)C(=O)N(c2cc(F)ccc2F)C1=O. The molecule has 0 unspecified atom stereocenters. The van der Waals surface area contributed by atoms with Crippen molar-refractivity contribution in [2.24, 2.45) is 0 Å². The number of imide groups is 1. The van der Waals surface area contributed by atoms with Gasteiger partial charge in [-0.3, -0.25) is 9.59 Å². The van der Waals surface area contributed by atoms with Crippen molar-refractivity contribution in [3.05, 3.63) is 65.4 Å². The number of halogens is 2. The molecule has 150 valence electrons. The van der Waals surface area contributed by atoms with Crippen molar-refractivity contribution < 1.29 is 27.8 Å². The van der Waals surface area contributed by atoms with Crippen LogP contribution < -0.4 is 9.64 Å². The van der Waals surface area contributed by atoms with Gasteiger partial charge in [-0.05, 0) is 18.2 Å². The fourth-order valence-corrected chi connectivity index (χ4v) is 3.57. The second-order valence-corrected chi connectivity index (χ2v) is 6.56. The number of amides is 2. The first kappa shape index (κ1) is 19.1. The molecule has 1 fully saturated rings. The number of rotatable bonds is 4. The molecule has 1 saturated heterocycles. The lowest BCUT2D eigenvalue weighted by Gasteiger charge is -2.29. The van der Waals surface area contributed by atoms with Crippen molar-refractivity contribution in [2.75, 3.05) is 38.3 Å². The van der Waals surface area contributed by atoms with Crippen LogP contribution in [0, 0.1) is 11.6 Å². The van der Waals surface area contributed by atoms with E-state index in [0.29, 0.717) is 42.5 Å². The Kier molecular flexibility index (Phi) is 5.02. The number of nitrogens with zero attached hydrogens (tertiary/aromatic N) is 2. The quantitative estimate of drug-likeness (QED) is 0.739. The van der Waals surface area contributed by atoms with E-state index < -0.39 is 29.1 Å². The third-order valence-corrected chi connectivity index (χ3v) is 4.91. The molecule has 2 aliphatic rings. The molecular formula is C21H18F2N2O4. The molecule has 29 heavy (non-hydrogen) atoms. The maximum atomic E-state index is 14.4. The van der Waals surface area contributed by atoms with Gasteiger partial charge in [0.1, 0.15) is 23.1 Å². The van der Waals surface area contributed by atoms with Gasteiger partial charge < -0.3 is 14.4 Å². The van der Waals surface area contributed by atoms with Crippen LogP contribution in [0.2, 0.25) is 0 Å². The number of hydrogen-bond acceptors (Lipinski definition) is 5. The maximum absolute atomic E-state index is 14.4. The summed E-state index contributed by atoms with van der Waals surface area (Å²) in [5, 5.41) is 0. The third kappa shape index (κ3) is 3.25. The Labute approximate surface area is 165 Å². The zero-order chi connectivity index (χ0) is 20.5. The molecule has 2 aromatic rings. The summed E-state index contributed by atoms with van der Waals surface area (Å²) >= 11 is 0. The lowest BCUT2D eigenvalue weighted by atomic mass is 10.0. The number of methoxy groups -OCH3 is 1. The molecule has 6 nitrogen and oxygen atoms in total. The highest BCUT2D eigenvalue weighted by atomic mass is 19.1. The molecule has 8 heteroatoms. The fraction of sp³-hybridized carbons (Fsp3) is 0.238. The first-order valence-corrected chi connectivity index (χ1v) is 9.07. The number of hydrogen-bond donors (Lipinski definition) is 0. The van der Waals surface area contributed by atoms with E-state index in [1.54, 1.807) is 29.2 Å². The number of carbonyl (C=O) groups excluding carboxylic acids is 2. The van der Waals surface area contributed by atoms with E-state index >= 15 is 0 Å². The van der Waals surface area contributed by atoms with Crippen molar-refractivity contribution in [3.8, 4) is 5.75 Å². The van der Waals surface area contributed by atoms with Crippen LogP contribution in [0.1, 0.15) is 5.56 Å². The predicted molar refractivity (Wildman–Crippen MR) is 101 cm³/mol. The van der Waals surface area contributed by atoms with Gasteiger partial charge in [-0.15, -0.1) is 0 Å². The van der Waals surface area contributed by atoms with Gasteiger partial charge in [0.15, 0.2) is 0 Å². The van der Waals surface area contributed by atoms with E-state index in [4.69, 9.17) is 9.47 Å². The van der Waals surface area contributed by atoms with Crippen LogP contribution in [0.4, 0.5) is 14.5 Å². The van der Waals surface area contributed by atoms with E-state index in [1.807, 2.05) is 0 Å². The molecule has 0 aromatic heterocycles. The molecule has 0 saturated carbocycles. The molecule has 0 bridgehead atoms. The van der Waals surface area contributed by atoms with Crippen molar-refractivity contribution in [1.82, 2.24) is 4.90 Å². The minimum atomic E-state index is -0.865. The van der Waals surface area contributed by atoms with E-state index in [9.17, 15) is 18.4 Å². The third-order valence-electron chi connectivity index (χ3n) is 4.91. The van der Waals surface area contributed by atoms with Crippen LogP contribution in [0.15, 0.2) is 48.2 Å². The lowest BCUT2D eigenvalue weighted by Crippen LogP contribution is -2.40. The molecule has 2 aromatic carbocycles. The zero-order valence-corrected chi connectivity index (χ0v) is 15.7. The molecule has 0 radical (unpaired) electrons. The maximum Gasteiger partial charge on any atom is 0.282 e. The Morgan fingerprint density at radius 1 is 1.00 bits per heavy atom. The van der Waals surface area contributed by atoms with Crippen LogP contribution in [0.5, 0.6) is 5.75 Å². The van der Waals surface area contributed by atoms with Gasteiger partial charge in [-0.1, -0.05) is 18.2 Å². The van der Waals surface area contributed by atoms with E-state index in [1.165, 1.54) is 7.11 Å². The molecule has 0 aliphatic carbocycles. The summed E-state index contributed by atoms with van der Waals surface area (Å²) < 4.78 is 38.9. The van der Waals surface area contributed by atoms with Crippen LogP contribution in [-0.4, -0.2) is 50.1 Å². The molecule has 2 aliphatic heterocycles. The highest BCUT2D eigenvalue weighted by Crippen LogP contribution is 2.39. The molecule has 4 rings (SSSR count). The monoisotopic (exact) mass is 400 g/mol. The number of anilines is 1. The summed E-state index contributed by atoms with van der Waals surface area (Å²) in [4.78, 5) is 29.1. The summed E-state index contributed by atoms with van der Waals surface area (Å²) in [6.07, 6.45) is 0. The van der Waals surface area contributed by atoms with Gasteiger partial charge in [0.05, 0.1) is 31.6 Å². The van der Waals surface area contributed by atoms with Gasteiger partial charge in [0.2, 0.25) is 0 Å². The average Bonchev–Trinajstić information content (AvgIpc) is 3.00. The van der Waals surface area contributed by atoms with E-state index in [0.717, 1.165) is 18.2 Å². The predicted octanol–water partition coefficient (Wildman–Crippen LogP) is 2.59. The molecular weight excluding hydrogens is 382 g/mol. The summed E-state index contributed by atoms with van der Waals surface area (Å²) in [7, 11) is 1.46. The number of carbonyl (C=O) groups is 2. The Morgan fingerprint density at radius 2 is 1.72 bits per heavy atom. The first-order valence-electron chi connectivity index (χ1n) is 9.07. The fourth-order valence-electron chi connectivity index (χ4n) is 3.57.